The number of thiophene rings is 1. The van der Waals surface area contributed by atoms with Crippen LogP contribution in [0.25, 0.3) is 0 Å². The van der Waals surface area contributed by atoms with Gasteiger partial charge in [0.25, 0.3) is 0 Å². The second-order valence-corrected chi connectivity index (χ2v) is 6.35. The Morgan fingerprint density at radius 1 is 1.07 bits per heavy atom. The van der Waals surface area contributed by atoms with Gasteiger partial charge in [0, 0.05) is 0 Å². The van der Waals surface area contributed by atoms with E-state index in [0.29, 0.717) is 17.8 Å². The number of aromatic carboxylic acids is 1. The Morgan fingerprint density at radius 3 is 2.33 bits per heavy atom. The van der Waals surface area contributed by atoms with Crippen molar-refractivity contribution < 1.29 is 29.3 Å². The van der Waals surface area contributed by atoms with Gasteiger partial charge in [0.2, 0.25) is 0 Å². The third kappa shape index (κ3) is 7.99. The number of para-hydroxylation sites is 1. The van der Waals surface area contributed by atoms with Gasteiger partial charge in [0.1, 0.15) is 22.2 Å². The molecule has 0 bridgehead atoms. The highest BCUT2D eigenvalue weighted by molar-refractivity contribution is 7.12. The summed E-state index contributed by atoms with van der Waals surface area (Å²) in [4.78, 5) is 33.1. The smallest absolute Gasteiger partial charge is 0.353 e. The molecule has 2 rings (SSSR count). The third-order valence-electron chi connectivity index (χ3n) is 3.33. The molecule has 9 heteroatoms. The van der Waals surface area contributed by atoms with E-state index < -0.39 is 23.9 Å². The van der Waals surface area contributed by atoms with E-state index in [1.807, 2.05) is 0 Å². The standard InChI is InChI=1S/C12H8O4S.C6H14N2O2/c13-11(14)8-4-1-2-5-9(8)16-12(15)10-6-3-7-17-10;7-4-2-1-3-5(8)6(9)10/h1-7H,(H,13,14);5H,1-4,7-8H2,(H,9,10)/t;5-/m.0/s1. The van der Waals surface area contributed by atoms with Gasteiger partial charge in [-0.05, 0) is 43.0 Å². The molecule has 0 radical (unpaired) electrons. The molecule has 1 aromatic heterocycles. The van der Waals surface area contributed by atoms with Crippen LogP contribution in [0.3, 0.4) is 0 Å². The lowest BCUT2D eigenvalue weighted by Crippen LogP contribution is -2.29. The van der Waals surface area contributed by atoms with Crippen LogP contribution in [0.15, 0.2) is 41.8 Å². The molecule has 0 spiro atoms. The Kier molecular flexibility index (Phi) is 9.73. The number of aliphatic carboxylic acids is 1. The molecule has 0 aliphatic carbocycles. The fourth-order valence-electron chi connectivity index (χ4n) is 1.91. The van der Waals surface area contributed by atoms with Crippen molar-refractivity contribution in [3.63, 3.8) is 0 Å². The maximum absolute atomic E-state index is 11.6. The molecule has 6 N–H and O–H groups in total. The Balaban J connectivity index is 0.000000314. The number of esters is 1. The van der Waals surface area contributed by atoms with Gasteiger partial charge in [-0.15, -0.1) is 11.3 Å². The first-order valence-corrected chi connectivity index (χ1v) is 9.01. The lowest BCUT2D eigenvalue weighted by molar-refractivity contribution is -0.138. The van der Waals surface area contributed by atoms with E-state index in [4.69, 9.17) is 26.4 Å². The van der Waals surface area contributed by atoms with Crippen LogP contribution >= 0.6 is 11.3 Å². The molecule has 1 atom stereocenters. The molecule has 0 fully saturated rings. The van der Waals surface area contributed by atoms with Crippen LogP contribution in [0.2, 0.25) is 0 Å². The molecule has 0 amide bonds. The number of hydrogen-bond donors (Lipinski definition) is 4. The Bertz CT molecular complexity index is 748. The number of carboxylic acid groups (broad SMARTS) is 2. The summed E-state index contributed by atoms with van der Waals surface area (Å²) in [6.45, 7) is 0.604. The van der Waals surface area contributed by atoms with Crippen molar-refractivity contribution in [3.05, 3.63) is 52.2 Å². The Labute approximate surface area is 160 Å². The average Bonchev–Trinajstić information content (AvgIpc) is 3.17. The highest BCUT2D eigenvalue weighted by Gasteiger charge is 2.15. The largest absolute Gasteiger partial charge is 0.480 e. The van der Waals surface area contributed by atoms with Gasteiger partial charge in [0.05, 0.1) is 0 Å². The zero-order valence-electron chi connectivity index (χ0n) is 14.5. The number of nitrogens with two attached hydrogens (primary N) is 2. The predicted molar refractivity (Wildman–Crippen MR) is 101 cm³/mol. The van der Waals surface area contributed by atoms with Crippen LogP contribution < -0.4 is 16.2 Å². The third-order valence-corrected chi connectivity index (χ3v) is 4.18. The fraction of sp³-hybridized carbons (Fsp3) is 0.278. The van der Waals surface area contributed by atoms with Gasteiger partial charge in [-0.1, -0.05) is 24.6 Å². The van der Waals surface area contributed by atoms with Gasteiger partial charge in [-0.2, -0.15) is 0 Å². The molecule has 2 aromatic rings. The van der Waals surface area contributed by atoms with Gasteiger partial charge in [-0.25, -0.2) is 9.59 Å². The summed E-state index contributed by atoms with van der Waals surface area (Å²) >= 11 is 1.24. The molecular formula is C18H22N2O6S. The first-order chi connectivity index (χ1) is 12.9. The predicted octanol–water partition coefficient (Wildman–Crippen LogP) is 2.19. The second-order valence-electron chi connectivity index (χ2n) is 5.40. The summed E-state index contributed by atoms with van der Waals surface area (Å²) < 4.78 is 5.04. The number of benzene rings is 1. The highest BCUT2D eigenvalue weighted by Crippen LogP contribution is 2.20. The Hall–Kier alpha value is -2.75. The number of carbonyl (C=O) groups excluding carboxylic acids is 1. The van der Waals surface area contributed by atoms with Gasteiger partial charge in [-0.3, -0.25) is 4.79 Å². The van der Waals surface area contributed by atoms with Crippen LogP contribution in [0.5, 0.6) is 5.75 Å². The van der Waals surface area contributed by atoms with E-state index in [1.54, 1.807) is 29.6 Å². The number of ether oxygens (including phenoxy) is 1. The topological polar surface area (TPSA) is 153 Å². The minimum Gasteiger partial charge on any atom is -0.480 e. The van der Waals surface area contributed by atoms with E-state index in [-0.39, 0.29) is 11.3 Å². The summed E-state index contributed by atoms with van der Waals surface area (Å²) in [6.07, 6.45) is 2.16. The van der Waals surface area contributed by atoms with Crippen LogP contribution in [0.1, 0.15) is 39.3 Å². The normalized spacial score (nSPS) is 11.0. The van der Waals surface area contributed by atoms with E-state index >= 15 is 0 Å². The molecule has 8 nitrogen and oxygen atoms in total. The first kappa shape index (κ1) is 22.3. The minimum atomic E-state index is -1.13. The summed E-state index contributed by atoms with van der Waals surface area (Å²) in [5.74, 6) is -2.55. The van der Waals surface area contributed by atoms with E-state index in [9.17, 15) is 14.4 Å². The molecule has 0 saturated carbocycles. The maximum Gasteiger partial charge on any atom is 0.353 e. The van der Waals surface area contributed by atoms with Crippen molar-refractivity contribution in [1.29, 1.82) is 0 Å². The molecule has 0 unspecified atom stereocenters. The summed E-state index contributed by atoms with van der Waals surface area (Å²) in [5, 5.41) is 19.0. The van der Waals surface area contributed by atoms with Gasteiger partial charge < -0.3 is 26.4 Å². The molecule has 0 aliphatic heterocycles. The minimum absolute atomic E-state index is 0.0302. The second kappa shape index (κ2) is 11.8. The molecule has 1 aromatic carbocycles. The number of hydrogen-bond acceptors (Lipinski definition) is 7. The van der Waals surface area contributed by atoms with Crippen molar-refractivity contribution in [2.24, 2.45) is 11.5 Å². The Morgan fingerprint density at radius 2 is 1.78 bits per heavy atom. The quantitative estimate of drug-likeness (QED) is 0.302. The zero-order chi connectivity index (χ0) is 20.2. The van der Waals surface area contributed by atoms with E-state index in [1.165, 1.54) is 23.5 Å². The SMILES string of the molecule is NCCCC[C@H](N)C(=O)O.O=C(Oc1ccccc1C(=O)O)c1cccs1. The summed E-state index contributed by atoms with van der Waals surface area (Å²) in [7, 11) is 0. The van der Waals surface area contributed by atoms with Crippen molar-refractivity contribution in [2.45, 2.75) is 25.3 Å². The lowest BCUT2D eigenvalue weighted by Gasteiger charge is -2.05. The summed E-state index contributed by atoms with van der Waals surface area (Å²) in [5.41, 5.74) is 10.4. The van der Waals surface area contributed by atoms with Crippen molar-refractivity contribution in [3.8, 4) is 5.75 Å². The van der Waals surface area contributed by atoms with E-state index in [0.717, 1.165) is 12.8 Å². The lowest BCUT2D eigenvalue weighted by atomic mass is 10.1. The van der Waals surface area contributed by atoms with Crippen LogP contribution in [0.4, 0.5) is 0 Å². The average molecular weight is 394 g/mol. The number of carboxylic acids is 2. The van der Waals surface area contributed by atoms with Gasteiger partial charge in [0.15, 0.2) is 0 Å². The molecule has 0 saturated heterocycles. The highest BCUT2D eigenvalue weighted by atomic mass is 32.1. The molecule has 146 valence electrons. The molecule has 1 heterocycles. The molecular weight excluding hydrogens is 372 g/mol. The first-order valence-electron chi connectivity index (χ1n) is 8.13. The van der Waals surface area contributed by atoms with Crippen LogP contribution in [-0.2, 0) is 4.79 Å². The maximum atomic E-state index is 11.6. The van der Waals surface area contributed by atoms with Crippen LogP contribution in [-0.4, -0.2) is 40.7 Å². The number of carbonyl (C=O) groups is 3. The summed E-state index contributed by atoms with van der Waals surface area (Å²) in [6, 6.07) is 8.66. The van der Waals surface area contributed by atoms with Gasteiger partial charge >= 0.3 is 17.9 Å². The number of unbranched alkanes of at least 4 members (excludes halogenated alkanes) is 1. The van der Waals surface area contributed by atoms with Crippen molar-refractivity contribution in [2.75, 3.05) is 6.54 Å². The molecule has 27 heavy (non-hydrogen) atoms. The van der Waals surface area contributed by atoms with Crippen molar-refractivity contribution >= 4 is 29.2 Å². The van der Waals surface area contributed by atoms with Crippen molar-refractivity contribution in [1.82, 2.24) is 0 Å². The monoisotopic (exact) mass is 394 g/mol. The zero-order valence-corrected chi connectivity index (χ0v) is 15.4. The number of rotatable bonds is 8. The molecule has 0 aliphatic rings. The fourth-order valence-corrected chi connectivity index (χ4v) is 2.51. The van der Waals surface area contributed by atoms with E-state index in [2.05, 4.69) is 0 Å². The van der Waals surface area contributed by atoms with Crippen LogP contribution in [0, 0.1) is 0 Å².